The lowest BCUT2D eigenvalue weighted by Crippen LogP contribution is -2.38. The monoisotopic (exact) mass is 406 g/mol. The highest BCUT2D eigenvalue weighted by Gasteiger charge is 2.08. The summed E-state index contributed by atoms with van der Waals surface area (Å²) in [5, 5.41) is 3.31. The molecule has 0 aliphatic rings. The number of benzene rings is 2. The SMILES string of the molecule is O=C(N=CN(NCCc1cnc[nH]1)c1ccc2[nH]ccc2c1)c1cccc(Cl)c1. The van der Waals surface area contributed by atoms with Crippen LogP contribution in [0.5, 0.6) is 0 Å². The number of hydrazine groups is 1. The molecule has 0 saturated carbocycles. The molecule has 0 bridgehead atoms. The largest absolute Gasteiger partial charge is 0.361 e. The molecule has 1 amide bonds. The Kier molecular flexibility index (Phi) is 5.69. The Bertz CT molecular complexity index is 1140. The van der Waals surface area contributed by atoms with Gasteiger partial charge in [-0.3, -0.25) is 9.80 Å². The van der Waals surface area contributed by atoms with Crippen molar-refractivity contribution in [1.82, 2.24) is 20.4 Å². The molecule has 0 aliphatic heterocycles. The van der Waals surface area contributed by atoms with Crippen LogP contribution in [0, 0.1) is 0 Å². The van der Waals surface area contributed by atoms with Crippen LogP contribution >= 0.6 is 11.6 Å². The molecule has 2 heterocycles. The van der Waals surface area contributed by atoms with Crippen molar-refractivity contribution in [3.8, 4) is 0 Å². The third-order valence-corrected chi connectivity index (χ3v) is 4.64. The number of aliphatic imine (C=N–C) groups is 1. The van der Waals surface area contributed by atoms with Gasteiger partial charge in [0.1, 0.15) is 6.34 Å². The normalized spacial score (nSPS) is 11.3. The predicted octanol–water partition coefficient (Wildman–Crippen LogP) is 3.97. The summed E-state index contributed by atoms with van der Waals surface area (Å²) in [6.07, 6.45) is 7.57. The highest BCUT2D eigenvalue weighted by atomic mass is 35.5. The van der Waals surface area contributed by atoms with Gasteiger partial charge in [-0.25, -0.2) is 10.4 Å². The van der Waals surface area contributed by atoms with E-state index in [1.807, 2.05) is 30.5 Å². The van der Waals surface area contributed by atoms with Gasteiger partial charge in [-0.2, -0.15) is 4.99 Å². The minimum absolute atomic E-state index is 0.365. The van der Waals surface area contributed by atoms with Crippen molar-refractivity contribution in [1.29, 1.82) is 0 Å². The van der Waals surface area contributed by atoms with Gasteiger partial charge in [-0.05, 0) is 42.5 Å². The molecule has 4 aromatic rings. The lowest BCUT2D eigenvalue weighted by atomic mass is 10.2. The fraction of sp³-hybridized carbons (Fsp3) is 0.0952. The van der Waals surface area contributed by atoms with Crippen LogP contribution < -0.4 is 10.4 Å². The Labute approximate surface area is 172 Å². The number of hydrogen-bond donors (Lipinski definition) is 3. The van der Waals surface area contributed by atoms with Gasteiger partial charge in [0.05, 0.1) is 12.0 Å². The lowest BCUT2D eigenvalue weighted by Gasteiger charge is -2.20. The highest BCUT2D eigenvalue weighted by Crippen LogP contribution is 2.20. The number of fused-ring (bicyclic) bond motifs is 1. The third-order valence-electron chi connectivity index (χ3n) is 4.41. The number of H-pyrrole nitrogens is 2. The summed E-state index contributed by atoms with van der Waals surface area (Å²) in [6.45, 7) is 0.630. The second kappa shape index (κ2) is 8.72. The number of imidazole rings is 1. The van der Waals surface area contributed by atoms with Crippen molar-refractivity contribution in [2.75, 3.05) is 11.6 Å². The van der Waals surface area contributed by atoms with E-state index in [0.29, 0.717) is 17.1 Å². The number of anilines is 1. The first kappa shape index (κ1) is 18.9. The van der Waals surface area contributed by atoms with E-state index < -0.39 is 0 Å². The molecule has 2 aromatic carbocycles. The Balaban J connectivity index is 1.53. The van der Waals surface area contributed by atoms with Crippen molar-refractivity contribution in [3.05, 3.63) is 83.5 Å². The number of amides is 1. The molecule has 0 spiro atoms. The Morgan fingerprint density at radius 3 is 2.97 bits per heavy atom. The van der Waals surface area contributed by atoms with E-state index >= 15 is 0 Å². The molecule has 0 radical (unpaired) electrons. The minimum atomic E-state index is -0.365. The van der Waals surface area contributed by atoms with Gasteiger partial charge in [0.15, 0.2) is 0 Å². The number of carbonyl (C=O) groups excluding carboxylic acids is 1. The van der Waals surface area contributed by atoms with Gasteiger partial charge in [-0.15, -0.1) is 0 Å². The second-order valence-corrected chi connectivity index (χ2v) is 6.85. The lowest BCUT2D eigenvalue weighted by molar-refractivity contribution is 0.100. The second-order valence-electron chi connectivity index (χ2n) is 6.41. The molecule has 4 rings (SSSR count). The van der Waals surface area contributed by atoms with Crippen molar-refractivity contribution >= 4 is 40.4 Å². The van der Waals surface area contributed by atoms with Gasteiger partial charge in [0.25, 0.3) is 5.91 Å². The van der Waals surface area contributed by atoms with E-state index in [1.54, 1.807) is 41.8 Å². The molecule has 29 heavy (non-hydrogen) atoms. The quantitative estimate of drug-likeness (QED) is 0.246. The van der Waals surface area contributed by atoms with Crippen molar-refractivity contribution in [3.63, 3.8) is 0 Å². The number of nitrogens with zero attached hydrogens (tertiary/aromatic N) is 3. The van der Waals surface area contributed by atoms with Gasteiger partial charge in [0.2, 0.25) is 0 Å². The summed E-state index contributed by atoms with van der Waals surface area (Å²) in [5.74, 6) is -0.365. The van der Waals surface area contributed by atoms with E-state index in [4.69, 9.17) is 11.6 Å². The zero-order valence-corrected chi connectivity index (χ0v) is 16.2. The molecule has 0 aliphatic carbocycles. The zero-order chi connectivity index (χ0) is 20.1. The maximum absolute atomic E-state index is 12.4. The average molecular weight is 407 g/mol. The number of rotatable bonds is 7. The van der Waals surface area contributed by atoms with Crippen LogP contribution in [0.3, 0.4) is 0 Å². The van der Waals surface area contributed by atoms with E-state index in [-0.39, 0.29) is 5.91 Å². The summed E-state index contributed by atoms with van der Waals surface area (Å²) in [5.41, 5.74) is 6.66. The number of aromatic amines is 2. The Morgan fingerprint density at radius 2 is 2.14 bits per heavy atom. The van der Waals surface area contributed by atoms with Crippen LogP contribution in [-0.4, -0.2) is 33.7 Å². The van der Waals surface area contributed by atoms with Crippen LogP contribution in [0.15, 0.2) is 72.2 Å². The summed E-state index contributed by atoms with van der Waals surface area (Å²) >= 11 is 5.97. The first-order chi connectivity index (χ1) is 14.2. The van der Waals surface area contributed by atoms with Crippen molar-refractivity contribution < 1.29 is 4.79 Å². The standard InChI is InChI=1S/C21H19ClN6O/c22-17-3-1-2-16(10-17)21(29)26-14-28(27-9-7-18-12-23-13-25-18)19-4-5-20-15(11-19)6-8-24-20/h1-6,8,10-14,24,27H,7,9H2,(H,23,25). The Hall–Kier alpha value is -3.42. The zero-order valence-electron chi connectivity index (χ0n) is 15.5. The molecule has 0 saturated heterocycles. The van der Waals surface area contributed by atoms with Crippen LogP contribution in [0.4, 0.5) is 5.69 Å². The van der Waals surface area contributed by atoms with Gasteiger partial charge < -0.3 is 9.97 Å². The van der Waals surface area contributed by atoms with Gasteiger partial charge in [0, 0.05) is 52.5 Å². The average Bonchev–Trinajstić information content (AvgIpc) is 3.41. The molecule has 8 heteroatoms. The number of halogens is 1. The molecule has 146 valence electrons. The van der Waals surface area contributed by atoms with Crippen LogP contribution in [0.1, 0.15) is 16.1 Å². The van der Waals surface area contributed by atoms with Crippen molar-refractivity contribution in [2.45, 2.75) is 6.42 Å². The molecule has 7 nitrogen and oxygen atoms in total. The maximum atomic E-state index is 12.4. The minimum Gasteiger partial charge on any atom is -0.361 e. The first-order valence-electron chi connectivity index (χ1n) is 9.10. The predicted molar refractivity (Wildman–Crippen MR) is 115 cm³/mol. The molecule has 0 unspecified atom stereocenters. The number of carbonyl (C=O) groups is 1. The Morgan fingerprint density at radius 1 is 1.21 bits per heavy atom. The van der Waals surface area contributed by atoms with E-state index in [2.05, 4.69) is 25.4 Å². The first-order valence-corrected chi connectivity index (χ1v) is 9.48. The smallest absolute Gasteiger partial charge is 0.278 e. The summed E-state index contributed by atoms with van der Waals surface area (Å²) in [7, 11) is 0. The molecular formula is C21H19ClN6O. The van der Waals surface area contributed by atoms with E-state index in [9.17, 15) is 4.79 Å². The molecule has 0 atom stereocenters. The fourth-order valence-corrected chi connectivity index (χ4v) is 3.12. The maximum Gasteiger partial charge on any atom is 0.278 e. The van der Waals surface area contributed by atoms with Gasteiger partial charge >= 0.3 is 0 Å². The number of nitrogens with one attached hydrogen (secondary N) is 3. The molecule has 2 aromatic heterocycles. The van der Waals surface area contributed by atoms with Gasteiger partial charge in [-0.1, -0.05) is 17.7 Å². The third kappa shape index (κ3) is 4.71. The summed E-state index contributed by atoms with van der Waals surface area (Å²) in [6, 6.07) is 14.7. The van der Waals surface area contributed by atoms with Crippen LogP contribution in [0.2, 0.25) is 5.02 Å². The van der Waals surface area contributed by atoms with E-state index in [0.717, 1.165) is 28.7 Å². The topological polar surface area (TPSA) is 89.2 Å². The summed E-state index contributed by atoms with van der Waals surface area (Å²) < 4.78 is 0. The molecular weight excluding hydrogens is 388 g/mol. The van der Waals surface area contributed by atoms with Crippen LogP contribution in [-0.2, 0) is 6.42 Å². The fourth-order valence-electron chi connectivity index (χ4n) is 2.93. The number of hydrogen-bond acceptors (Lipinski definition) is 3. The number of aromatic nitrogens is 3. The molecule has 3 N–H and O–H groups in total. The van der Waals surface area contributed by atoms with Crippen molar-refractivity contribution in [2.24, 2.45) is 4.99 Å². The highest BCUT2D eigenvalue weighted by molar-refractivity contribution is 6.31. The molecule has 0 fully saturated rings. The van der Waals surface area contributed by atoms with E-state index in [1.165, 1.54) is 6.34 Å². The summed E-state index contributed by atoms with van der Waals surface area (Å²) in [4.78, 5) is 26.8. The van der Waals surface area contributed by atoms with Crippen LogP contribution in [0.25, 0.3) is 10.9 Å².